The minimum absolute atomic E-state index is 0.0442. The molecule has 4 rings (SSSR count). The summed E-state index contributed by atoms with van der Waals surface area (Å²) in [5, 5.41) is 4.42. The second kappa shape index (κ2) is 11.9. The fourth-order valence-electron chi connectivity index (χ4n) is 4.32. The summed E-state index contributed by atoms with van der Waals surface area (Å²) in [5.74, 6) is 1.47. The van der Waals surface area contributed by atoms with Crippen molar-refractivity contribution in [2.75, 3.05) is 59.7 Å². The van der Waals surface area contributed by atoms with Crippen LogP contribution in [-0.2, 0) is 25.5 Å². The van der Waals surface area contributed by atoms with Crippen LogP contribution in [0.2, 0.25) is 5.02 Å². The van der Waals surface area contributed by atoms with Crippen LogP contribution in [0.4, 0.5) is 0 Å². The summed E-state index contributed by atoms with van der Waals surface area (Å²) < 4.78 is 27.9. The number of rotatable bonds is 9. The van der Waals surface area contributed by atoms with Crippen LogP contribution in [0.15, 0.2) is 28.8 Å². The third-order valence-corrected chi connectivity index (χ3v) is 6.83. The van der Waals surface area contributed by atoms with Gasteiger partial charge in [0, 0.05) is 43.6 Å². The summed E-state index contributed by atoms with van der Waals surface area (Å²) in [6.45, 7) is 5.10. The van der Waals surface area contributed by atoms with Crippen LogP contribution in [0.25, 0.3) is 0 Å². The first kappa shape index (κ1) is 26.2. The molecule has 11 heteroatoms. The summed E-state index contributed by atoms with van der Waals surface area (Å²) >= 11 is 6.15. The molecule has 1 atom stereocenters. The number of amides is 2. The van der Waals surface area contributed by atoms with Gasteiger partial charge in [0.1, 0.15) is 23.7 Å². The van der Waals surface area contributed by atoms with E-state index in [1.54, 1.807) is 28.0 Å². The predicted octanol–water partition coefficient (Wildman–Crippen LogP) is 2.50. The van der Waals surface area contributed by atoms with Gasteiger partial charge in [-0.2, -0.15) is 0 Å². The number of hydrogen-bond acceptors (Lipinski definition) is 8. The highest BCUT2D eigenvalue weighted by atomic mass is 35.5. The summed E-state index contributed by atoms with van der Waals surface area (Å²) in [7, 11) is 1.51. The van der Waals surface area contributed by atoms with Crippen molar-refractivity contribution in [1.82, 2.24) is 15.0 Å². The number of aromatic nitrogens is 1. The molecule has 0 radical (unpaired) electrons. The Bertz CT molecular complexity index is 1060. The van der Waals surface area contributed by atoms with Crippen LogP contribution < -0.4 is 9.47 Å². The lowest BCUT2D eigenvalue weighted by Crippen LogP contribution is -2.58. The Balaban J connectivity index is 1.45. The van der Waals surface area contributed by atoms with Crippen molar-refractivity contribution >= 4 is 23.4 Å². The molecule has 3 heterocycles. The average Bonchev–Trinajstić information content (AvgIpc) is 3.37. The summed E-state index contributed by atoms with van der Waals surface area (Å²) in [4.78, 5) is 29.8. The number of ether oxygens (including phenoxy) is 4. The molecule has 196 valence electrons. The van der Waals surface area contributed by atoms with Gasteiger partial charge < -0.3 is 33.3 Å². The van der Waals surface area contributed by atoms with Crippen molar-refractivity contribution in [2.45, 2.75) is 31.8 Å². The molecule has 2 saturated heterocycles. The molecule has 1 aromatic heterocycles. The second-order valence-electron chi connectivity index (χ2n) is 9.05. The summed E-state index contributed by atoms with van der Waals surface area (Å²) in [6.07, 6.45) is 0.735. The molecule has 0 aliphatic carbocycles. The lowest BCUT2D eigenvalue weighted by molar-refractivity contribution is -0.167. The number of carbonyl (C=O) groups is 2. The van der Waals surface area contributed by atoms with Gasteiger partial charge in [0.25, 0.3) is 5.88 Å². The third-order valence-electron chi connectivity index (χ3n) is 6.40. The molecule has 2 aliphatic rings. The summed E-state index contributed by atoms with van der Waals surface area (Å²) in [5.41, 5.74) is -0.0928. The molecule has 0 bridgehead atoms. The first-order chi connectivity index (χ1) is 17.4. The van der Waals surface area contributed by atoms with E-state index in [9.17, 15) is 9.59 Å². The highest BCUT2D eigenvalue weighted by Crippen LogP contribution is 2.28. The maximum atomic E-state index is 13.2. The first-order valence-corrected chi connectivity index (χ1v) is 12.4. The van der Waals surface area contributed by atoms with E-state index in [2.05, 4.69) is 5.16 Å². The molecule has 2 fully saturated rings. The van der Waals surface area contributed by atoms with Crippen LogP contribution >= 0.6 is 11.6 Å². The number of hydrogen-bond donors (Lipinski definition) is 0. The highest BCUT2D eigenvalue weighted by molar-refractivity contribution is 6.31. The maximum absolute atomic E-state index is 13.2. The van der Waals surface area contributed by atoms with Gasteiger partial charge in [-0.1, -0.05) is 11.6 Å². The molecule has 0 saturated carbocycles. The van der Waals surface area contributed by atoms with Crippen LogP contribution in [-0.4, -0.2) is 92.1 Å². The van der Waals surface area contributed by atoms with Gasteiger partial charge >= 0.3 is 0 Å². The van der Waals surface area contributed by atoms with Crippen LogP contribution in [0, 0.1) is 6.92 Å². The van der Waals surface area contributed by atoms with E-state index in [-0.39, 0.29) is 37.8 Å². The normalized spacial score (nSPS) is 20.3. The topological polar surface area (TPSA) is 104 Å². The number of morpholine rings is 2. The molecule has 36 heavy (non-hydrogen) atoms. The molecule has 2 amide bonds. The van der Waals surface area contributed by atoms with Gasteiger partial charge in [-0.25, -0.2) is 0 Å². The van der Waals surface area contributed by atoms with Gasteiger partial charge in [-0.05, 0) is 35.8 Å². The molecule has 2 aromatic rings. The Morgan fingerprint density at radius 2 is 1.89 bits per heavy atom. The number of carbonyl (C=O) groups excluding carboxylic acids is 2. The largest absolute Gasteiger partial charge is 0.490 e. The zero-order valence-corrected chi connectivity index (χ0v) is 21.4. The third kappa shape index (κ3) is 6.68. The number of aryl methyl sites for hydroxylation is 2. The second-order valence-corrected chi connectivity index (χ2v) is 9.46. The van der Waals surface area contributed by atoms with E-state index >= 15 is 0 Å². The van der Waals surface area contributed by atoms with Crippen LogP contribution in [0.3, 0.4) is 0 Å². The minimum atomic E-state index is -0.980. The lowest BCUT2D eigenvalue weighted by Gasteiger charge is -2.43. The molecular formula is C25H32ClN3O7. The maximum Gasteiger partial charge on any atom is 0.254 e. The molecule has 0 spiro atoms. The van der Waals surface area contributed by atoms with Crippen LogP contribution in [0.5, 0.6) is 11.6 Å². The van der Waals surface area contributed by atoms with E-state index in [0.29, 0.717) is 68.3 Å². The van der Waals surface area contributed by atoms with Crippen molar-refractivity contribution in [2.24, 2.45) is 0 Å². The molecule has 2 aliphatic heterocycles. The van der Waals surface area contributed by atoms with Crippen molar-refractivity contribution < 1.29 is 33.1 Å². The molecule has 1 aromatic carbocycles. The first-order valence-electron chi connectivity index (χ1n) is 12.0. The summed E-state index contributed by atoms with van der Waals surface area (Å²) in [6, 6.07) is 7.06. The quantitative estimate of drug-likeness (QED) is 0.496. The Hall–Kier alpha value is -2.82. The fourth-order valence-corrected chi connectivity index (χ4v) is 4.44. The number of nitrogens with zero attached hydrogens (tertiary/aromatic N) is 3. The van der Waals surface area contributed by atoms with Gasteiger partial charge in [0.15, 0.2) is 0 Å². The van der Waals surface area contributed by atoms with Crippen molar-refractivity contribution in [3.05, 3.63) is 40.6 Å². The van der Waals surface area contributed by atoms with E-state index < -0.39 is 5.60 Å². The zero-order chi connectivity index (χ0) is 25.5. The van der Waals surface area contributed by atoms with E-state index in [0.717, 1.165) is 5.56 Å². The molecule has 0 N–H and O–H groups in total. The Morgan fingerprint density at radius 3 is 2.61 bits per heavy atom. The number of halogens is 1. The highest BCUT2D eigenvalue weighted by Gasteiger charge is 2.42. The Morgan fingerprint density at radius 1 is 1.11 bits per heavy atom. The molecular weight excluding hydrogens is 490 g/mol. The van der Waals surface area contributed by atoms with Crippen molar-refractivity contribution in [3.63, 3.8) is 0 Å². The molecule has 0 unspecified atom stereocenters. The SMILES string of the molecule is COc1cc(CCC(=O)N2CCO[C@@](COc3ccc(Cl)c(C)c3)(CC(=O)N3CCOCC3)C2)on1. The fraction of sp³-hybridized carbons (Fsp3) is 0.560. The average molecular weight is 522 g/mol. The van der Waals surface area contributed by atoms with Gasteiger partial charge in [-0.3, -0.25) is 9.59 Å². The van der Waals surface area contributed by atoms with E-state index in [1.165, 1.54) is 7.11 Å². The Kier molecular flexibility index (Phi) is 8.71. The van der Waals surface area contributed by atoms with E-state index in [4.69, 9.17) is 35.1 Å². The molecule has 10 nitrogen and oxygen atoms in total. The predicted molar refractivity (Wildman–Crippen MR) is 130 cm³/mol. The van der Waals surface area contributed by atoms with Gasteiger partial charge in [-0.15, -0.1) is 0 Å². The van der Waals surface area contributed by atoms with Crippen molar-refractivity contribution in [3.8, 4) is 11.6 Å². The smallest absolute Gasteiger partial charge is 0.254 e. The van der Waals surface area contributed by atoms with Crippen LogP contribution in [0.1, 0.15) is 24.2 Å². The lowest BCUT2D eigenvalue weighted by atomic mass is 9.96. The Labute approximate surface area is 215 Å². The number of methoxy groups -OCH3 is 1. The number of benzene rings is 1. The standard InChI is InChI=1S/C25H32ClN3O7/c1-18-13-19(3-5-21(18)26)34-17-25(15-24(31)28-7-10-33-11-8-28)16-29(9-12-35-25)23(30)6-4-20-14-22(32-2)27-36-20/h3,5,13-14H,4,6-12,15-17H2,1-2H3/t25-/m0/s1. The monoisotopic (exact) mass is 521 g/mol. The van der Waals surface area contributed by atoms with E-state index in [1.807, 2.05) is 13.0 Å². The minimum Gasteiger partial charge on any atom is -0.490 e. The van der Waals surface area contributed by atoms with Crippen molar-refractivity contribution in [1.29, 1.82) is 0 Å². The zero-order valence-electron chi connectivity index (χ0n) is 20.7. The van der Waals surface area contributed by atoms with Gasteiger partial charge in [0.05, 0.1) is 39.9 Å². The van der Waals surface area contributed by atoms with Gasteiger partial charge in [0.2, 0.25) is 11.8 Å².